The smallest absolute Gasteiger partial charge is 0.224 e. The lowest BCUT2D eigenvalue weighted by atomic mass is 10.2. The summed E-state index contributed by atoms with van der Waals surface area (Å²) in [4.78, 5) is 24.1. The first-order chi connectivity index (χ1) is 11.5. The van der Waals surface area contributed by atoms with Crippen LogP contribution in [0.4, 0.5) is 5.82 Å². The zero-order chi connectivity index (χ0) is 17.1. The maximum absolute atomic E-state index is 11.6. The minimum atomic E-state index is 0.108. The van der Waals surface area contributed by atoms with Gasteiger partial charge >= 0.3 is 0 Å². The molecule has 0 bridgehead atoms. The third kappa shape index (κ3) is 3.76. The van der Waals surface area contributed by atoms with Crippen molar-refractivity contribution in [2.24, 2.45) is 0 Å². The number of aromatic nitrogens is 2. The summed E-state index contributed by atoms with van der Waals surface area (Å²) in [6, 6.07) is 9.07. The Kier molecular flexibility index (Phi) is 4.85. The van der Waals surface area contributed by atoms with Gasteiger partial charge in [0, 0.05) is 43.7 Å². The van der Waals surface area contributed by atoms with E-state index in [0.717, 1.165) is 18.9 Å². The van der Waals surface area contributed by atoms with Gasteiger partial charge in [-0.1, -0.05) is 11.6 Å². The van der Waals surface area contributed by atoms with Crippen LogP contribution < -0.4 is 9.64 Å². The second-order valence-electron chi connectivity index (χ2n) is 5.78. The van der Waals surface area contributed by atoms with E-state index in [1.807, 2.05) is 17.9 Å². The summed E-state index contributed by atoms with van der Waals surface area (Å²) < 4.78 is 5.75. The van der Waals surface area contributed by atoms with E-state index in [1.165, 1.54) is 6.33 Å². The van der Waals surface area contributed by atoms with Crippen LogP contribution in [0.25, 0.3) is 0 Å². The highest BCUT2D eigenvalue weighted by molar-refractivity contribution is 6.30. The quantitative estimate of drug-likeness (QED) is 0.855. The molecule has 0 saturated carbocycles. The monoisotopic (exact) mass is 346 g/mol. The number of amides is 1. The van der Waals surface area contributed by atoms with Gasteiger partial charge in [0.05, 0.1) is 0 Å². The lowest BCUT2D eigenvalue weighted by Gasteiger charge is -2.39. The number of carbonyl (C=O) groups is 1. The third-order valence-electron chi connectivity index (χ3n) is 4.02. The van der Waals surface area contributed by atoms with Crippen molar-refractivity contribution < 1.29 is 9.53 Å². The third-order valence-corrected chi connectivity index (χ3v) is 4.27. The van der Waals surface area contributed by atoms with E-state index in [1.54, 1.807) is 31.2 Å². The van der Waals surface area contributed by atoms with Gasteiger partial charge in [0.25, 0.3) is 0 Å². The Bertz CT molecular complexity index is 723. The fourth-order valence-corrected chi connectivity index (χ4v) is 2.94. The molecule has 1 aliphatic rings. The zero-order valence-electron chi connectivity index (χ0n) is 13.6. The van der Waals surface area contributed by atoms with Gasteiger partial charge in [0.2, 0.25) is 11.8 Å². The van der Waals surface area contributed by atoms with E-state index in [9.17, 15) is 4.79 Å². The first-order valence-corrected chi connectivity index (χ1v) is 8.18. The molecule has 1 atom stereocenters. The van der Waals surface area contributed by atoms with Crippen molar-refractivity contribution in [1.82, 2.24) is 14.9 Å². The summed E-state index contributed by atoms with van der Waals surface area (Å²) in [7, 11) is 0. The van der Waals surface area contributed by atoms with E-state index in [0.29, 0.717) is 23.2 Å². The SMILES string of the molecule is CC(=O)N1CCN(c2cc(Oc3ccc(Cl)cc3)ncn2)CC1C. The van der Waals surface area contributed by atoms with Gasteiger partial charge in [-0.3, -0.25) is 4.79 Å². The number of halogens is 1. The van der Waals surface area contributed by atoms with Gasteiger partial charge in [-0.05, 0) is 31.2 Å². The number of ether oxygens (including phenoxy) is 1. The molecule has 0 spiro atoms. The number of benzene rings is 1. The van der Waals surface area contributed by atoms with Crippen molar-refractivity contribution in [2.75, 3.05) is 24.5 Å². The normalized spacial score (nSPS) is 17.7. The lowest BCUT2D eigenvalue weighted by molar-refractivity contribution is -0.131. The van der Waals surface area contributed by atoms with Crippen molar-refractivity contribution in [3.8, 4) is 11.6 Å². The molecule has 7 heteroatoms. The molecule has 0 N–H and O–H groups in total. The fourth-order valence-electron chi connectivity index (χ4n) is 2.82. The van der Waals surface area contributed by atoms with E-state index < -0.39 is 0 Å². The Hall–Kier alpha value is -2.34. The summed E-state index contributed by atoms with van der Waals surface area (Å²) in [6.45, 7) is 5.81. The molecular formula is C17H19ClN4O2. The van der Waals surface area contributed by atoms with Crippen LogP contribution in [0, 0.1) is 0 Å². The number of nitrogens with zero attached hydrogens (tertiary/aromatic N) is 4. The summed E-state index contributed by atoms with van der Waals surface area (Å²) in [6.07, 6.45) is 1.49. The molecule has 126 valence electrons. The Balaban J connectivity index is 1.71. The first-order valence-electron chi connectivity index (χ1n) is 7.80. The number of hydrogen-bond donors (Lipinski definition) is 0. The molecular weight excluding hydrogens is 328 g/mol. The van der Waals surface area contributed by atoms with Crippen molar-refractivity contribution >= 4 is 23.3 Å². The highest BCUT2D eigenvalue weighted by atomic mass is 35.5. The number of anilines is 1. The molecule has 6 nitrogen and oxygen atoms in total. The minimum Gasteiger partial charge on any atom is -0.439 e. The molecule has 1 unspecified atom stereocenters. The molecule has 0 radical (unpaired) electrons. The molecule has 3 rings (SSSR count). The number of piperazine rings is 1. The number of carbonyl (C=O) groups excluding carboxylic acids is 1. The zero-order valence-corrected chi connectivity index (χ0v) is 14.4. The van der Waals surface area contributed by atoms with Crippen LogP contribution >= 0.6 is 11.6 Å². The van der Waals surface area contributed by atoms with E-state index in [2.05, 4.69) is 14.9 Å². The predicted molar refractivity (Wildman–Crippen MR) is 92.6 cm³/mol. The van der Waals surface area contributed by atoms with Crippen LogP contribution in [0.3, 0.4) is 0 Å². The highest BCUT2D eigenvalue weighted by Crippen LogP contribution is 2.24. The second-order valence-corrected chi connectivity index (χ2v) is 6.21. The molecule has 2 aromatic rings. The predicted octanol–water partition coefficient (Wildman–Crippen LogP) is 2.98. The number of hydrogen-bond acceptors (Lipinski definition) is 5. The lowest BCUT2D eigenvalue weighted by Crippen LogP contribution is -2.53. The van der Waals surface area contributed by atoms with E-state index in [4.69, 9.17) is 16.3 Å². The van der Waals surface area contributed by atoms with Crippen molar-refractivity contribution in [3.63, 3.8) is 0 Å². The average molecular weight is 347 g/mol. The highest BCUT2D eigenvalue weighted by Gasteiger charge is 2.26. The van der Waals surface area contributed by atoms with E-state index in [-0.39, 0.29) is 11.9 Å². The van der Waals surface area contributed by atoms with Crippen molar-refractivity contribution in [3.05, 3.63) is 41.7 Å². The van der Waals surface area contributed by atoms with Crippen LogP contribution in [0.15, 0.2) is 36.7 Å². The van der Waals surface area contributed by atoms with Crippen LogP contribution in [-0.2, 0) is 4.79 Å². The molecule has 1 aromatic heterocycles. The molecule has 1 saturated heterocycles. The Morgan fingerprint density at radius 2 is 2.00 bits per heavy atom. The first kappa shape index (κ1) is 16.5. The van der Waals surface area contributed by atoms with Crippen LogP contribution in [-0.4, -0.2) is 46.5 Å². The Morgan fingerprint density at radius 3 is 2.67 bits per heavy atom. The molecule has 1 aliphatic heterocycles. The maximum atomic E-state index is 11.6. The minimum absolute atomic E-state index is 0.108. The standard InChI is InChI=1S/C17H19ClN4O2/c1-12-10-21(7-8-22(12)13(2)23)16-9-17(20-11-19-16)24-15-5-3-14(18)4-6-15/h3-6,9,11-12H,7-8,10H2,1-2H3. The summed E-state index contributed by atoms with van der Waals surface area (Å²) in [5.41, 5.74) is 0. The Morgan fingerprint density at radius 1 is 1.25 bits per heavy atom. The largest absolute Gasteiger partial charge is 0.439 e. The van der Waals surface area contributed by atoms with Gasteiger partial charge in [0.15, 0.2) is 0 Å². The van der Waals surface area contributed by atoms with Gasteiger partial charge in [-0.15, -0.1) is 0 Å². The van der Waals surface area contributed by atoms with Crippen molar-refractivity contribution in [1.29, 1.82) is 0 Å². The molecule has 0 aliphatic carbocycles. The molecule has 2 heterocycles. The average Bonchev–Trinajstić information content (AvgIpc) is 2.57. The van der Waals surface area contributed by atoms with Gasteiger partial charge in [0.1, 0.15) is 17.9 Å². The maximum Gasteiger partial charge on any atom is 0.224 e. The molecule has 24 heavy (non-hydrogen) atoms. The van der Waals surface area contributed by atoms with Crippen LogP contribution in [0.5, 0.6) is 11.6 Å². The number of rotatable bonds is 3. The summed E-state index contributed by atoms with van der Waals surface area (Å²) in [5.74, 6) is 2.04. The van der Waals surface area contributed by atoms with Gasteiger partial charge in [-0.25, -0.2) is 9.97 Å². The van der Waals surface area contributed by atoms with Gasteiger partial charge < -0.3 is 14.5 Å². The van der Waals surface area contributed by atoms with Crippen LogP contribution in [0.1, 0.15) is 13.8 Å². The molecule has 1 amide bonds. The topological polar surface area (TPSA) is 58.6 Å². The van der Waals surface area contributed by atoms with Crippen LogP contribution in [0.2, 0.25) is 5.02 Å². The van der Waals surface area contributed by atoms with Gasteiger partial charge in [-0.2, -0.15) is 0 Å². The van der Waals surface area contributed by atoms with Crippen molar-refractivity contribution in [2.45, 2.75) is 19.9 Å². The fraction of sp³-hybridized carbons (Fsp3) is 0.353. The second kappa shape index (κ2) is 7.05. The van der Waals surface area contributed by atoms with E-state index >= 15 is 0 Å². The Labute approximate surface area is 146 Å². The summed E-state index contributed by atoms with van der Waals surface area (Å²) in [5, 5.41) is 0.656. The molecule has 1 aromatic carbocycles. The molecule has 1 fully saturated rings. The summed E-state index contributed by atoms with van der Waals surface area (Å²) >= 11 is 5.87.